The molecule has 5 rings (SSSR count). The van der Waals surface area contributed by atoms with E-state index in [1.807, 2.05) is 35.9 Å². The molecule has 10 nitrogen and oxygen atoms in total. The summed E-state index contributed by atoms with van der Waals surface area (Å²) >= 11 is 0. The van der Waals surface area contributed by atoms with Crippen molar-refractivity contribution in [2.45, 2.75) is 51.7 Å². The SMILES string of the molecule is COc1ccc(CN(Cc2ccc(C)cc2OC)c2ncnc3c2nnn3C2CCCC(C=O)C2)c(OC)c1. The van der Waals surface area contributed by atoms with Gasteiger partial charge >= 0.3 is 0 Å². The summed E-state index contributed by atoms with van der Waals surface area (Å²) in [6.07, 6.45) is 6.20. The zero-order valence-electron chi connectivity index (χ0n) is 22.8. The Labute approximate surface area is 227 Å². The summed E-state index contributed by atoms with van der Waals surface area (Å²) < 4.78 is 18.7. The molecule has 1 aliphatic rings. The molecule has 39 heavy (non-hydrogen) atoms. The van der Waals surface area contributed by atoms with E-state index < -0.39 is 0 Å². The van der Waals surface area contributed by atoms with E-state index in [0.29, 0.717) is 35.8 Å². The average molecular weight is 531 g/mol. The van der Waals surface area contributed by atoms with Crippen LogP contribution >= 0.6 is 0 Å². The van der Waals surface area contributed by atoms with Gasteiger partial charge in [0, 0.05) is 36.2 Å². The van der Waals surface area contributed by atoms with E-state index in [2.05, 4.69) is 37.3 Å². The van der Waals surface area contributed by atoms with Crippen molar-refractivity contribution in [1.29, 1.82) is 0 Å². The van der Waals surface area contributed by atoms with E-state index in [4.69, 9.17) is 14.2 Å². The molecule has 0 N–H and O–H groups in total. The summed E-state index contributed by atoms with van der Waals surface area (Å²) in [7, 11) is 4.96. The van der Waals surface area contributed by atoms with Gasteiger partial charge in [0.25, 0.3) is 0 Å². The Balaban J connectivity index is 1.57. The monoisotopic (exact) mass is 530 g/mol. The number of nitrogens with zero attached hydrogens (tertiary/aromatic N) is 6. The van der Waals surface area contributed by atoms with Crippen molar-refractivity contribution in [1.82, 2.24) is 25.0 Å². The molecule has 2 heterocycles. The fraction of sp³-hybridized carbons (Fsp3) is 0.414. The van der Waals surface area contributed by atoms with Crippen molar-refractivity contribution in [3.8, 4) is 17.2 Å². The Kier molecular flexibility index (Phi) is 7.90. The molecule has 2 unspecified atom stereocenters. The number of methoxy groups -OCH3 is 3. The first-order valence-electron chi connectivity index (χ1n) is 13.1. The van der Waals surface area contributed by atoms with Crippen molar-refractivity contribution >= 4 is 23.3 Å². The van der Waals surface area contributed by atoms with E-state index in [0.717, 1.165) is 60.2 Å². The predicted octanol–water partition coefficient (Wildman–Crippen LogP) is 4.69. The fourth-order valence-electron chi connectivity index (χ4n) is 5.36. The maximum absolute atomic E-state index is 11.5. The van der Waals surface area contributed by atoms with Crippen molar-refractivity contribution in [2.75, 3.05) is 26.2 Å². The van der Waals surface area contributed by atoms with E-state index in [1.54, 1.807) is 27.7 Å². The molecule has 204 valence electrons. The Morgan fingerprint density at radius 2 is 1.72 bits per heavy atom. The molecule has 1 saturated carbocycles. The molecule has 1 fully saturated rings. The number of hydrogen-bond donors (Lipinski definition) is 0. The second kappa shape index (κ2) is 11.7. The minimum absolute atomic E-state index is 0.0392. The van der Waals surface area contributed by atoms with E-state index in [1.165, 1.54) is 0 Å². The molecule has 2 aromatic heterocycles. The second-order valence-electron chi connectivity index (χ2n) is 9.97. The Morgan fingerprint density at radius 1 is 0.974 bits per heavy atom. The molecule has 0 radical (unpaired) electrons. The van der Waals surface area contributed by atoms with Crippen LogP contribution in [-0.4, -0.2) is 52.6 Å². The zero-order valence-corrected chi connectivity index (χ0v) is 22.8. The van der Waals surface area contributed by atoms with Gasteiger partial charge in [-0.1, -0.05) is 23.8 Å². The Hall–Kier alpha value is -4.21. The number of aromatic nitrogens is 5. The number of carbonyl (C=O) groups is 1. The minimum Gasteiger partial charge on any atom is -0.497 e. The maximum Gasteiger partial charge on any atom is 0.184 e. The van der Waals surface area contributed by atoms with Crippen LogP contribution in [0, 0.1) is 12.8 Å². The molecule has 1 aliphatic carbocycles. The lowest BCUT2D eigenvalue weighted by atomic mass is 9.87. The molecular formula is C29H34N6O4. The number of hydrogen-bond acceptors (Lipinski definition) is 9. The van der Waals surface area contributed by atoms with Gasteiger partial charge in [-0.3, -0.25) is 0 Å². The molecule has 2 aromatic carbocycles. The molecule has 0 spiro atoms. The zero-order chi connectivity index (χ0) is 27.4. The van der Waals surface area contributed by atoms with Gasteiger partial charge in [-0.15, -0.1) is 5.10 Å². The molecule has 0 aliphatic heterocycles. The predicted molar refractivity (Wildman–Crippen MR) is 147 cm³/mol. The van der Waals surface area contributed by atoms with Crippen LogP contribution in [0.15, 0.2) is 42.7 Å². The van der Waals surface area contributed by atoms with Gasteiger partial charge in [-0.2, -0.15) is 0 Å². The molecule has 0 bridgehead atoms. The highest BCUT2D eigenvalue weighted by molar-refractivity contribution is 5.82. The molecule has 0 saturated heterocycles. The third-order valence-corrected chi connectivity index (χ3v) is 7.43. The lowest BCUT2D eigenvalue weighted by molar-refractivity contribution is -0.112. The summed E-state index contributed by atoms with van der Waals surface area (Å²) in [5.74, 6) is 2.94. The lowest BCUT2D eigenvalue weighted by Gasteiger charge is -2.27. The van der Waals surface area contributed by atoms with Crippen molar-refractivity contribution in [3.63, 3.8) is 0 Å². The summed E-state index contributed by atoms with van der Waals surface area (Å²) in [5, 5.41) is 9.05. The smallest absolute Gasteiger partial charge is 0.184 e. The quantitative estimate of drug-likeness (QED) is 0.270. The number of fused-ring (bicyclic) bond motifs is 1. The summed E-state index contributed by atoms with van der Waals surface area (Å²) in [4.78, 5) is 22.9. The fourth-order valence-corrected chi connectivity index (χ4v) is 5.36. The van der Waals surface area contributed by atoms with Crippen LogP contribution in [0.2, 0.25) is 0 Å². The molecule has 2 atom stereocenters. The summed E-state index contributed by atoms with van der Waals surface area (Å²) in [6, 6.07) is 12.0. The van der Waals surface area contributed by atoms with Crippen LogP contribution < -0.4 is 19.1 Å². The number of rotatable bonds is 10. The van der Waals surface area contributed by atoms with Crippen molar-refractivity contribution < 1.29 is 19.0 Å². The number of benzene rings is 2. The molecular weight excluding hydrogens is 496 g/mol. The van der Waals surface area contributed by atoms with Gasteiger partial charge in [0.15, 0.2) is 17.0 Å². The first-order valence-corrected chi connectivity index (χ1v) is 13.1. The van der Waals surface area contributed by atoms with Crippen LogP contribution in [0.4, 0.5) is 5.82 Å². The number of ether oxygens (including phenoxy) is 3. The Bertz CT molecular complexity index is 1460. The van der Waals surface area contributed by atoms with Crippen molar-refractivity contribution in [2.24, 2.45) is 5.92 Å². The number of anilines is 1. The molecule has 10 heteroatoms. The Morgan fingerprint density at radius 3 is 2.44 bits per heavy atom. The number of aryl methyl sites for hydroxylation is 1. The van der Waals surface area contributed by atoms with E-state index in [9.17, 15) is 4.79 Å². The lowest BCUT2D eigenvalue weighted by Crippen LogP contribution is -2.24. The maximum atomic E-state index is 11.5. The van der Waals surface area contributed by atoms with Crippen LogP contribution in [0.5, 0.6) is 17.2 Å². The van der Waals surface area contributed by atoms with Gasteiger partial charge in [0.05, 0.1) is 27.4 Å². The topological polar surface area (TPSA) is 104 Å². The van der Waals surface area contributed by atoms with Crippen LogP contribution in [0.1, 0.15) is 48.4 Å². The summed E-state index contributed by atoms with van der Waals surface area (Å²) in [5.41, 5.74) is 4.37. The molecule has 4 aromatic rings. The molecule has 0 amide bonds. The van der Waals surface area contributed by atoms with E-state index >= 15 is 0 Å². The minimum atomic E-state index is 0.0392. The third kappa shape index (κ3) is 5.50. The van der Waals surface area contributed by atoms with Gasteiger partial charge in [-0.25, -0.2) is 14.6 Å². The highest BCUT2D eigenvalue weighted by Crippen LogP contribution is 2.35. The standard InChI is InChI=1S/C29H34N6O4/c1-19-8-9-21(25(12-19)38-3)15-34(16-22-10-11-24(37-2)14-26(22)39-4)28-27-29(31-18-30-28)35(33-32-27)23-7-5-6-20(13-23)17-36/h8-12,14,17-18,20,23H,5-7,13,15-16H2,1-4H3. The normalized spacial score (nSPS) is 17.1. The highest BCUT2D eigenvalue weighted by atomic mass is 16.5. The van der Waals surface area contributed by atoms with Gasteiger partial charge < -0.3 is 23.9 Å². The third-order valence-electron chi connectivity index (χ3n) is 7.43. The first kappa shape index (κ1) is 26.4. The van der Waals surface area contributed by atoms with Gasteiger partial charge in [0.2, 0.25) is 0 Å². The summed E-state index contributed by atoms with van der Waals surface area (Å²) in [6.45, 7) is 3.03. The number of carbonyl (C=O) groups excluding carboxylic acids is 1. The average Bonchev–Trinajstić information content (AvgIpc) is 3.42. The van der Waals surface area contributed by atoms with Crippen molar-refractivity contribution in [3.05, 3.63) is 59.4 Å². The largest absolute Gasteiger partial charge is 0.497 e. The van der Waals surface area contributed by atoms with Gasteiger partial charge in [-0.05, 0) is 49.9 Å². The number of aldehydes is 1. The van der Waals surface area contributed by atoms with E-state index in [-0.39, 0.29) is 12.0 Å². The second-order valence-corrected chi connectivity index (χ2v) is 9.97. The van der Waals surface area contributed by atoms with Crippen LogP contribution in [0.3, 0.4) is 0 Å². The van der Waals surface area contributed by atoms with Gasteiger partial charge in [0.1, 0.15) is 29.9 Å². The first-order chi connectivity index (χ1) is 19.0. The van der Waals surface area contributed by atoms with Crippen LogP contribution in [-0.2, 0) is 17.9 Å². The van der Waals surface area contributed by atoms with Crippen LogP contribution in [0.25, 0.3) is 11.2 Å². The highest BCUT2D eigenvalue weighted by Gasteiger charge is 2.27.